The summed E-state index contributed by atoms with van der Waals surface area (Å²) in [5.74, 6) is -0.934. The molecule has 4 aromatic rings. The summed E-state index contributed by atoms with van der Waals surface area (Å²) in [4.78, 5) is 35.7. The zero-order valence-corrected chi connectivity index (χ0v) is 21.0. The van der Waals surface area contributed by atoms with E-state index in [1.807, 2.05) is 42.5 Å². The summed E-state index contributed by atoms with van der Waals surface area (Å²) in [6.07, 6.45) is 4.20. The predicted octanol–water partition coefficient (Wildman–Crippen LogP) is 4.22. The molecule has 0 unspecified atom stereocenters. The first-order chi connectivity index (χ1) is 17.9. The molecule has 0 spiro atoms. The van der Waals surface area contributed by atoms with E-state index in [1.165, 1.54) is 33.7 Å². The molecule has 0 bridgehead atoms. The smallest absolute Gasteiger partial charge is 0.243 e. The Morgan fingerprint density at radius 1 is 0.838 bits per heavy atom. The number of Topliss-reactive ketones (excluding diaryl/α,β-unsaturated/α-hetero) is 1. The molecule has 8 nitrogen and oxygen atoms in total. The van der Waals surface area contributed by atoms with E-state index in [0.717, 1.165) is 29.2 Å². The van der Waals surface area contributed by atoms with Gasteiger partial charge in [-0.25, -0.2) is 18.4 Å². The summed E-state index contributed by atoms with van der Waals surface area (Å²) in [6, 6.07) is 21.7. The Bertz CT molecular complexity index is 1530. The largest absolute Gasteiger partial charge is 0.308 e. The van der Waals surface area contributed by atoms with Crippen LogP contribution >= 0.6 is 0 Å². The molecule has 188 valence electrons. The van der Waals surface area contributed by atoms with Crippen molar-refractivity contribution in [1.29, 1.82) is 0 Å². The van der Waals surface area contributed by atoms with Crippen molar-refractivity contribution in [1.82, 2.24) is 14.3 Å². The Morgan fingerprint density at radius 2 is 1.51 bits per heavy atom. The number of amides is 1. The van der Waals surface area contributed by atoms with E-state index >= 15 is 0 Å². The molecule has 0 aliphatic carbocycles. The van der Waals surface area contributed by atoms with Crippen molar-refractivity contribution in [3.63, 3.8) is 0 Å². The molecule has 0 atom stereocenters. The average Bonchev–Trinajstić information content (AvgIpc) is 3.48. The molecule has 2 heterocycles. The molecule has 9 heteroatoms. The van der Waals surface area contributed by atoms with Crippen LogP contribution in [0.5, 0.6) is 0 Å². The minimum atomic E-state index is -3.58. The van der Waals surface area contributed by atoms with Crippen LogP contribution in [0.2, 0.25) is 0 Å². The number of carbonyl (C=O) groups excluding carboxylic acids is 2. The molecule has 3 aromatic carbocycles. The van der Waals surface area contributed by atoms with Crippen LogP contribution in [-0.2, 0) is 21.4 Å². The number of rotatable bonds is 8. The molecule has 5 rings (SSSR count). The number of benzene rings is 3. The van der Waals surface area contributed by atoms with E-state index in [9.17, 15) is 18.0 Å². The number of carbonyl (C=O) groups is 2. The molecule has 0 saturated carbocycles. The second kappa shape index (κ2) is 10.6. The fourth-order valence-electron chi connectivity index (χ4n) is 4.47. The summed E-state index contributed by atoms with van der Waals surface area (Å²) in [5.41, 5.74) is 1.38. The van der Waals surface area contributed by atoms with Crippen LogP contribution in [0.3, 0.4) is 0 Å². The lowest BCUT2D eigenvalue weighted by Gasteiger charge is -2.24. The molecular formula is C28H26N4O4S. The molecule has 1 amide bonds. The van der Waals surface area contributed by atoms with E-state index in [2.05, 4.69) is 9.97 Å². The number of ketones is 1. The van der Waals surface area contributed by atoms with Crippen molar-refractivity contribution < 1.29 is 18.0 Å². The highest BCUT2D eigenvalue weighted by atomic mass is 32.2. The van der Waals surface area contributed by atoms with Crippen molar-refractivity contribution in [3.05, 3.63) is 96.6 Å². The Kier molecular flexibility index (Phi) is 7.07. The van der Waals surface area contributed by atoms with Gasteiger partial charge in [0.2, 0.25) is 21.7 Å². The monoisotopic (exact) mass is 514 g/mol. The third kappa shape index (κ3) is 5.42. The first-order valence-electron chi connectivity index (χ1n) is 12.1. The lowest BCUT2D eigenvalue weighted by molar-refractivity contribution is -0.117. The molecule has 1 saturated heterocycles. The van der Waals surface area contributed by atoms with Crippen LogP contribution in [0.15, 0.2) is 90.1 Å². The second-order valence-electron chi connectivity index (χ2n) is 8.94. The van der Waals surface area contributed by atoms with E-state index in [0.29, 0.717) is 18.8 Å². The van der Waals surface area contributed by atoms with Crippen LogP contribution in [0.25, 0.3) is 10.8 Å². The average molecular weight is 515 g/mol. The van der Waals surface area contributed by atoms with Gasteiger partial charge in [0.25, 0.3) is 0 Å². The van der Waals surface area contributed by atoms with Gasteiger partial charge in [-0.1, -0.05) is 36.4 Å². The number of fused-ring (bicyclic) bond motifs is 1. The Labute approximate surface area is 215 Å². The molecule has 1 aromatic heterocycles. The summed E-state index contributed by atoms with van der Waals surface area (Å²) in [5, 5.41) is 2.12. The van der Waals surface area contributed by atoms with Gasteiger partial charge in [-0.3, -0.25) is 9.59 Å². The molecule has 1 fully saturated rings. The van der Waals surface area contributed by atoms with Gasteiger partial charge < -0.3 is 4.90 Å². The van der Waals surface area contributed by atoms with Gasteiger partial charge in [-0.05, 0) is 65.6 Å². The normalized spacial score (nSPS) is 14.1. The van der Waals surface area contributed by atoms with Gasteiger partial charge in [0, 0.05) is 31.2 Å². The SMILES string of the molecule is O=C(CC(=O)N(Cc1ccc2ccccc2c1)c1ccc(S(=O)(=O)N2CCCC2)cc1)c1ncccn1. The Morgan fingerprint density at radius 3 is 2.22 bits per heavy atom. The van der Waals surface area contributed by atoms with Gasteiger partial charge in [-0.15, -0.1) is 0 Å². The van der Waals surface area contributed by atoms with Crippen molar-refractivity contribution in [2.24, 2.45) is 0 Å². The standard InChI is InChI=1S/C28H26N4O4S/c33-26(28-29-14-5-15-30-28)19-27(34)32(20-21-8-9-22-6-1-2-7-23(22)18-21)24-10-12-25(13-11-24)37(35,36)31-16-3-4-17-31/h1-2,5-15,18H,3-4,16-17,19-20H2. The van der Waals surface area contributed by atoms with Crippen molar-refractivity contribution in [2.45, 2.75) is 30.7 Å². The van der Waals surface area contributed by atoms with Gasteiger partial charge >= 0.3 is 0 Å². The van der Waals surface area contributed by atoms with Crippen LogP contribution < -0.4 is 4.90 Å². The third-order valence-corrected chi connectivity index (χ3v) is 8.35. The molecule has 0 N–H and O–H groups in total. The summed E-state index contributed by atoms with van der Waals surface area (Å²) >= 11 is 0. The lowest BCUT2D eigenvalue weighted by atomic mass is 10.1. The van der Waals surface area contributed by atoms with E-state index < -0.39 is 28.1 Å². The summed E-state index contributed by atoms with van der Waals surface area (Å²) < 4.78 is 27.4. The Balaban J connectivity index is 1.44. The van der Waals surface area contributed by atoms with Crippen molar-refractivity contribution in [2.75, 3.05) is 18.0 Å². The fraction of sp³-hybridized carbons (Fsp3) is 0.214. The second-order valence-corrected chi connectivity index (χ2v) is 10.9. The maximum atomic E-state index is 13.4. The molecule has 1 aliphatic rings. The zero-order chi connectivity index (χ0) is 25.8. The fourth-order valence-corrected chi connectivity index (χ4v) is 5.99. The molecule has 0 radical (unpaired) electrons. The third-order valence-electron chi connectivity index (χ3n) is 6.43. The maximum Gasteiger partial charge on any atom is 0.243 e. The summed E-state index contributed by atoms with van der Waals surface area (Å²) in [7, 11) is -3.58. The van der Waals surface area contributed by atoms with Gasteiger partial charge in [0.05, 0.1) is 17.9 Å². The van der Waals surface area contributed by atoms with E-state index in [4.69, 9.17) is 0 Å². The minimum absolute atomic E-state index is 0.0199. The summed E-state index contributed by atoms with van der Waals surface area (Å²) in [6.45, 7) is 1.24. The van der Waals surface area contributed by atoms with Crippen LogP contribution in [0.4, 0.5) is 5.69 Å². The van der Waals surface area contributed by atoms with Crippen LogP contribution in [-0.4, -0.2) is 47.5 Å². The highest BCUT2D eigenvalue weighted by Crippen LogP contribution is 2.26. The van der Waals surface area contributed by atoms with E-state index in [-0.39, 0.29) is 17.3 Å². The van der Waals surface area contributed by atoms with Gasteiger partial charge in [0.1, 0.15) is 0 Å². The quantitative estimate of drug-likeness (QED) is 0.258. The van der Waals surface area contributed by atoms with Gasteiger partial charge in [-0.2, -0.15) is 4.31 Å². The highest BCUT2D eigenvalue weighted by Gasteiger charge is 2.28. The zero-order valence-electron chi connectivity index (χ0n) is 20.2. The molecular weight excluding hydrogens is 488 g/mol. The minimum Gasteiger partial charge on any atom is -0.308 e. The molecule has 1 aliphatic heterocycles. The van der Waals surface area contributed by atoms with Crippen molar-refractivity contribution in [3.8, 4) is 0 Å². The van der Waals surface area contributed by atoms with Crippen LogP contribution in [0.1, 0.15) is 35.4 Å². The highest BCUT2D eigenvalue weighted by molar-refractivity contribution is 7.89. The number of hydrogen-bond acceptors (Lipinski definition) is 6. The van der Waals surface area contributed by atoms with Crippen LogP contribution in [0, 0.1) is 0 Å². The molecule has 37 heavy (non-hydrogen) atoms. The Hall–Kier alpha value is -3.95. The number of anilines is 1. The van der Waals surface area contributed by atoms with E-state index in [1.54, 1.807) is 18.2 Å². The number of sulfonamides is 1. The maximum absolute atomic E-state index is 13.4. The first kappa shape index (κ1) is 24.7. The number of nitrogens with zero attached hydrogens (tertiary/aromatic N) is 4. The topological polar surface area (TPSA) is 101 Å². The number of hydrogen-bond donors (Lipinski definition) is 0. The van der Waals surface area contributed by atoms with Gasteiger partial charge in [0.15, 0.2) is 5.82 Å². The number of aromatic nitrogens is 2. The van der Waals surface area contributed by atoms with Crippen molar-refractivity contribution >= 4 is 38.2 Å². The predicted molar refractivity (Wildman–Crippen MR) is 141 cm³/mol. The first-order valence-corrected chi connectivity index (χ1v) is 13.5. The lowest BCUT2D eigenvalue weighted by Crippen LogP contribution is -2.32.